The van der Waals surface area contributed by atoms with E-state index in [1.54, 1.807) is 17.4 Å². The van der Waals surface area contributed by atoms with Crippen molar-refractivity contribution in [2.75, 3.05) is 25.0 Å². The van der Waals surface area contributed by atoms with Crippen LogP contribution in [0.1, 0.15) is 41.0 Å². The molecule has 3 heterocycles. The van der Waals surface area contributed by atoms with E-state index in [9.17, 15) is 9.59 Å². The number of fused-ring (bicyclic) bond motifs is 1. The highest BCUT2D eigenvalue weighted by Gasteiger charge is 2.26. The van der Waals surface area contributed by atoms with Gasteiger partial charge in [0, 0.05) is 21.9 Å². The van der Waals surface area contributed by atoms with E-state index in [-0.39, 0.29) is 23.1 Å². The van der Waals surface area contributed by atoms with E-state index in [2.05, 4.69) is 33.0 Å². The fourth-order valence-corrected chi connectivity index (χ4v) is 5.38. The summed E-state index contributed by atoms with van der Waals surface area (Å²) in [5.41, 5.74) is 1.31. The Balaban J connectivity index is 1.45. The van der Waals surface area contributed by atoms with Crippen LogP contribution in [0.15, 0.2) is 40.6 Å². The molecule has 2 aliphatic heterocycles. The van der Waals surface area contributed by atoms with Crippen LogP contribution in [-0.4, -0.2) is 41.6 Å². The Morgan fingerprint density at radius 2 is 2.15 bits per heavy atom. The Morgan fingerprint density at radius 1 is 1.33 bits per heavy atom. The topological polar surface area (TPSA) is 61.4 Å². The third-order valence-electron chi connectivity index (χ3n) is 5.08. The van der Waals surface area contributed by atoms with E-state index in [1.165, 1.54) is 29.5 Å². The van der Waals surface area contributed by atoms with E-state index >= 15 is 0 Å². The van der Waals surface area contributed by atoms with Crippen LogP contribution >= 0.6 is 23.1 Å². The number of carbonyl (C=O) groups excluding carboxylic acids is 2. The molecule has 2 N–H and O–H groups in total. The fraction of sp³-hybridized carbons (Fsp3) is 0.400. The molecule has 7 heteroatoms. The molecule has 2 amide bonds. The zero-order chi connectivity index (χ0) is 18.8. The van der Waals surface area contributed by atoms with E-state index < -0.39 is 0 Å². The number of amides is 2. The van der Waals surface area contributed by atoms with Crippen molar-refractivity contribution in [3.63, 3.8) is 0 Å². The number of thioether (sulfide) groups is 1. The maximum Gasteiger partial charge on any atom is 0.251 e. The number of nitrogens with one attached hydrogen (secondary N) is 2. The Bertz CT molecular complexity index is 832. The van der Waals surface area contributed by atoms with Gasteiger partial charge in [0.1, 0.15) is 0 Å². The fourth-order valence-electron chi connectivity index (χ4n) is 3.59. The summed E-state index contributed by atoms with van der Waals surface area (Å²) in [5, 5.41) is 7.97. The largest absolute Gasteiger partial charge is 0.350 e. The number of hydrogen-bond donors (Lipinski definition) is 2. The molecule has 1 saturated heterocycles. The second-order valence-electron chi connectivity index (χ2n) is 6.94. The Morgan fingerprint density at radius 3 is 2.89 bits per heavy atom. The Hall–Kier alpha value is -1.83. The predicted molar refractivity (Wildman–Crippen MR) is 111 cm³/mol. The number of thiophene rings is 1. The minimum Gasteiger partial charge on any atom is -0.350 e. The Kier molecular flexibility index (Phi) is 5.52. The van der Waals surface area contributed by atoms with Crippen molar-refractivity contribution < 1.29 is 9.59 Å². The van der Waals surface area contributed by atoms with Gasteiger partial charge in [-0.3, -0.25) is 14.5 Å². The molecule has 142 valence electrons. The van der Waals surface area contributed by atoms with Gasteiger partial charge in [-0.2, -0.15) is 0 Å². The van der Waals surface area contributed by atoms with E-state index in [1.807, 2.05) is 19.1 Å². The number of benzene rings is 1. The minimum atomic E-state index is -0.107. The van der Waals surface area contributed by atoms with Gasteiger partial charge >= 0.3 is 0 Å². The first-order valence-electron chi connectivity index (χ1n) is 9.29. The van der Waals surface area contributed by atoms with Crippen LogP contribution in [0.3, 0.4) is 0 Å². The summed E-state index contributed by atoms with van der Waals surface area (Å²) >= 11 is 3.27. The zero-order valence-corrected chi connectivity index (χ0v) is 16.9. The molecule has 2 aliphatic rings. The Labute approximate surface area is 167 Å². The van der Waals surface area contributed by atoms with Gasteiger partial charge in [0.2, 0.25) is 5.91 Å². The highest BCUT2D eigenvalue weighted by molar-refractivity contribution is 8.00. The molecule has 1 fully saturated rings. The summed E-state index contributed by atoms with van der Waals surface area (Å²) in [5.74, 6) is -0.117. The van der Waals surface area contributed by atoms with Crippen LogP contribution in [0.2, 0.25) is 0 Å². The molecule has 2 aromatic rings. The standard InChI is InChI=1S/C20H23N3O2S2/c1-13-19(24)22-15-11-14(6-7-17(15)27-13)20(25)21-12-16(18-5-4-10-26-18)23-8-2-3-9-23/h4-7,10-11,13,16H,2-3,8-9,12H2,1H3,(H,21,25)(H,22,24)/t13-,16+/m1/s1. The van der Waals surface area contributed by atoms with Gasteiger partial charge in [0.05, 0.1) is 17.0 Å². The van der Waals surface area contributed by atoms with Crippen molar-refractivity contribution in [1.29, 1.82) is 0 Å². The van der Waals surface area contributed by atoms with Crippen LogP contribution in [-0.2, 0) is 4.79 Å². The summed E-state index contributed by atoms with van der Waals surface area (Å²) in [6.45, 7) is 4.64. The van der Waals surface area contributed by atoms with Crippen molar-refractivity contribution in [1.82, 2.24) is 10.2 Å². The van der Waals surface area contributed by atoms with Gasteiger partial charge in [0.25, 0.3) is 5.91 Å². The highest BCUT2D eigenvalue weighted by Crippen LogP contribution is 2.36. The molecule has 0 spiro atoms. The number of likely N-dealkylation sites (tertiary alicyclic amines) is 1. The van der Waals surface area contributed by atoms with Crippen LogP contribution in [0.5, 0.6) is 0 Å². The van der Waals surface area contributed by atoms with Crippen molar-refractivity contribution in [3.8, 4) is 0 Å². The maximum atomic E-state index is 12.7. The number of nitrogens with zero attached hydrogens (tertiary/aromatic N) is 1. The number of rotatable bonds is 5. The molecule has 0 unspecified atom stereocenters. The average Bonchev–Trinajstić information content (AvgIpc) is 3.37. The van der Waals surface area contributed by atoms with Crippen LogP contribution in [0.25, 0.3) is 0 Å². The maximum absolute atomic E-state index is 12.7. The van der Waals surface area contributed by atoms with Gasteiger partial charge in [-0.15, -0.1) is 23.1 Å². The third-order valence-corrected chi connectivity index (χ3v) is 7.23. The monoisotopic (exact) mass is 401 g/mol. The number of carbonyl (C=O) groups is 2. The summed E-state index contributed by atoms with van der Waals surface area (Å²) in [4.78, 5) is 29.4. The van der Waals surface area contributed by atoms with Gasteiger partial charge in [-0.25, -0.2) is 0 Å². The highest BCUT2D eigenvalue weighted by atomic mass is 32.2. The first kappa shape index (κ1) is 18.5. The normalized spacial score (nSPS) is 20.8. The molecule has 4 rings (SSSR count). The molecule has 2 atom stereocenters. The van der Waals surface area contributed by atoms with Gasteiger partial charge < -0.3 is 10.6 Å². The molecule has 0 bridgehead atoms. The molecular weight excluding hydrogens is 378 g/mol. The second-order valence-corrected chi connectivity index (χ2v) is 9.31. The number of hydrogen-bond acceptors (Lipinski definition) is 5. The van der Waals surface area contributed by atoms with Gasteiger partial charge in [-0.05, 0) is 62.5 Å². The summed E-state index contributed by atoms with van der Waals surface area (Å²) < 4.78 is 0. The summed E-state index contributed by atoms with van der Waals surface area (Å²) in [6, 6.07) is 9.97. The van der Waals surface area contributed by atoms with Crippen molar-refractivity contribution in [2.24, 2.45) is 0 Å². The van der Waals surface area contributed by atoms with E-state index in [4.69, 9.17) is 0 Å². The molecule has 0 radical (unpaired) electrons. The summed E-state index contributed by atoms with van der Waals surface area (Å²) in [6.07, 6.45) is 2.44. The molecule has 27 heavy (non-hydrogen) atoms. The first-order chi connectivity index (χ1) is 13.1. The molecule has 5 nitrogen and oxygen atoms in total. The SMILES string of the molecule is C[C@H]1Sc2ccc(C(=O)NC[C@@H](c3cccs3)N3CCCC3)cc2NC1=O. The lowest BCUT2D eigenvalue weighted by Crippen LogP contribution is -2.36. The average molecular weight is 402 g/mol. The van der Waals surface area contributed by atoms with Crippen LogP contribution in [0, 0.1) is 0 Å². The van der Waals surface area contributed by atoms with Crippen molar-refractivity contribution >= 4 is 40.6 Å². The molecule has 1 aromatic carbocycles. The van der Waals surface area contributed by atoms with E-state index in [0.29, 0.717) is 12.1 Å². The third kappa shape index (κ3) is 4.05. The molecule has 0 aliphatic carbocycles. The van der Waals surface area contributed by atoms with Crippen molar-refractivity contribution in [2.45, 2.75) is 36.0 Å². The smallest absolute Gasteiger partial charge is 0.251 e. The second kappa shape index (κ2) is 8.04. The minimum absolute atomic E-state index is 0.0168. The van der Waals surface area contributed by atoms with Crippen molar-refractivity contribution in [3.05, 3.63) is 46.2 Å². The summed E-state index contributed by atoms with van der Waals surface area (Å²) in [7, 11) is 0. The predicted octanol–water partition coefficient (Wildman–Crippen LogP) is 3.75. The molecule has 0 saturated carbocycles. The molecular formula is C20H23N3O2S2. The zero-order valence-electron chi connectivity index (χ0n) is 15.2. The first-order valence-corrected chi connectivity index (χ1v) is 11.0. The van der Waals surface area contributed by atoms with Gasteiger partial charge in [0.15, 0.2) is 0 Å². The lowest BCUT2D eigenvalue weighted by Gasteiger charge is -2.27. The lowest BCUT2D eigenvalue weighted by atomic mass is 10.1. The number of anilines is 1. The molecule has 1 aromatic heterocycles. The van der Waals surface area contributed by atoms with Crippen LogP contribution < -0.4 is 10.6 Å². The quantitative estimate of drug-likeness (QED) is 0.801. The lowest BCUT2D eigenvalue weighted by molar-refractivity contribution is -0.115. The van der Waals surface area contributed by atoms with Crippen LogP contribution in [0.4, 0.5) is 5.69 Å². The van der Waals surface area contributed by atoms with Gasteiger partial charge in [-0.1, -0.05) is 6.07 Å². The van der Waals surface area contributed by atoms with E-state index in [0.717, 1.165) is 23.7 Å².